The molecule has 0 saturated carbocycles. The van der Waals surface area contributed by atoms with Crippen LogP contribution in [0.4, 0.5) is 0 Å². The Balaban J connectivity index is 0.00000112. The summed E-state index contributed by atoms with van der Waals surface area (Å²) < 4.78 is 36.0. The van der Waals surface area contributed by atoms with Crippen molar-refractivity contribution in [2.45, 2.75) is 32.1 Å². The third-order valence-corrected chi connectivity index (χ3v) is 7.07. The number of aromatic nitrogens is 3. The summed E-state index contributed by atoms with van der Waals surface area (Å²) in [4.78, 5) is 24.4. The lowest BCUT2D eigenvalue weighted by atomic mass is 10.2. The minimum absolute atomic E-state index is 0.0741. The molecule has 1 atom stereocenters. The Kier molecular flexibility index (Phi) is 9.55. The number of hydrogen-bond donors (Lipinski definition) is 1. The van der Waals surface area contributed by atoms with Crippen molar-refractivity contribution in [2.75, 3.05) is 13.2 Å². The molecule has 39 heavy (non-hydrogen) atoms. The molecule has 12 heteroatoms. The van der Waals surface area contributed by atoms with E-state index < -0.39 is 11.6 Å². The van der Waals surface area contributed by atoms with Crippen molar-refractivity contribution < 1.29 is 27.4 Å². The van der Waals surface area contributed by atoms with Gasteiger partial charge in [0.15, 0.2) is 0 Å². The van der Waals surface area contributed by atoms with E-state index in [-0.39, 0.29) is 11.2 Å². The Labute approximate surface area is 233 Å². The van der Waals surface area contributed by atoms with E-state index in [9.17, 15) is 4.79 Å². The van der Waals surface area contributed by atoms with E-state index in [1.54, 1.807) is 18.0 Å². The Morgan fingerprint density at radius 2 is 1.95 bits per heavy atom. The molecule has 0 bridgehead atoms. The smallest absolute Gasteiger partial charge is 0.335 e. The van der Waals surface area contributed by atoms with Crippen LogP contribution in [-0.4, -0.2) is 52.4 Å². The number of aliphatic imine (C=N–C) groups is 1. The molecule has 5 rings (SSSR count). The van der Waals surface area contributed by atoms with Crippen LogP contribution in [0.2, 0.25) is 0 Å². The first-order valence-electron chi connectivity index (χ1n) is 12.2. The van der Waals surface area contributed by atoms with E-state index in [1.807, 2.05) is 74.1 Å². The van der Waals surface area contributed by atoms with E-state index >= 15 is 0 Å². The van der Waals surface area contributed by atoms with Crippen LogP contribution in [0.15, 0.2) is 59.9 Å². The summed E-state index contributed by atoms with van der Waals surface area (Å²) in [6, 6.07) is 13.8. The van der Waals surface area contributed by atoms with Gasteiger partial charge in [0.1, 0.15) is 34.7 Å². The molecular weight excluding hydrogens is 540 g/mol. The minimum Gasteiger partial charge on any atom is -0.483 e. The molecule has 2 aromatic heterocycles. The van der Waals surface area contributed by atoms with Gasteiger partial charge in [-0.3, -0.25) is 9.79 Å². The fourth-order valence-corrected chi connectivity index (χ4v) is 5.04. The molecule has 1 aliphatic rings. The van der Waals surface area contributed by atoms with Gasteiger partial charge in [-0.05, 0) is 38.1 Å². The lowest BCUT2D eigenvalue weighted by molar-refractivity contribution is -0.143. The van der Waals surface area contributed by atoms with Crippen molar-refractivity contribution in [1.82, 2.24) is 14.5 Å². The molecule has 0 saturated heterocycles. The number of carbonyl (C=O) groups is 1. The zero-order chi connectivity index (χ0) is 27.8. The highest BCUT2D eigenvalue weighted by Gasteiger charge is 2.25. The summed E-state index contributed by atoms with van der Waals surface area (Å²) in [5, 5.41) is 1.89. The van der Waals surface area contributed by atoms with Crippen molar-refractivity contribution in [3.63, 3.8) is 0 Å². The number of ether oxygens (including phenoxy) is 3. The number of thioether (sulfide) groups is 1. The van der Waals surface area contributed by atoms with Gasteiger partial charge < -0.3 is 23.8 Å². The number of nitrogens with one attached hydrogen (secondary N) is 1. The quantitative estimate of drug-likeness (QED) is 0.288. The molecule has 0 radical (unpaired) electrons. The van der Waals surface area contributed by atoms with Crippen LogP contribution in [0.25, 0.3) is 10.9 Å². The maximum Gasteiger partial charge on any atom is 0.335 e. The fourth-order valence-electron chi connectivity index (χ4n) is 3.97. The highest BCUT2D eigenvalue weighted by molar-refractivity contribution is 8.15. The molecule has 10 nitrogen and oxygen atoms in total. The summed E-state index contributed by atoms with van der Waals surface area (Å²) in [5.41, 5.74) is 2.91. The molecule has 1 N–H and O–H groups in total. The van der Waals surface area contributed by atoms with Gasteiger partial charge in [-0.15, -0.1) is 0 Å². The first-order valence-corrected chi connectivity index (χ1v) is 13.7. The van der Waals surface area contributed by atoms with E-state index in [4.69, 9.17) is 22.6 Å². The van der Waals surface area contributed by atoms with Crippen molar-refractivity contribution in [2.24, 2.45) is 12.0 Å². The Bertz CT molecular complexity index is 1510. The van der Waals surface area contributed by atoms with E-state index in [0.717, 1.165) is 33.2 Å². The van der Waals surface area contributed by atoms with E-state index in [2.05, 4.69) is 15.0 Å². The summed E-state index contributed by atoms with van der Waals surface area (Å²) in [5.74, 6) is 2.72. The Morgan fingerprint density at radius 3 is 2.64 bits per heavy atom. The normalized spacial score (nSPS) is 14.3. The number of fused-ring (bicyclic) bond motifs is 1. The summed E-state index contributed by atoms with van der Waals surface area (Å²) in [6.45, 7) is 5.15. The van der Waals surface area contributed by atoms with Crippen molar-refractivity contribution >= 4 is 45.2 Å². The second-order valence-corrected chi connectivity index (χ2v) is 10.1. The number of aryl methyl sites for hydroxylation is 2. The van der Waals surface area contributed by atoms with Gasteiger partial charge in [-0.2, -0.15) is 8.42 Å². The zero-order valence-corrected chi connectivity index (χ0v) is 23.3. The van der Waals surface area contributed by atoms with Crippen LogP contribution >= 0.6 is 11.8 Å². The van der Waals surface area contributed by atoms with Crippen LogP contribution in [0.5, 0.6) is 17.2 Å². The van der Waals surface area contributed by atoms with Crippen LogP contribution in [0.3, 0.4) is 0 Å². The first-order chi connectivity index (χ1) is 18.9. The molecule has 0 aliphatic carbocycles. The van der Waals surface area contributed by atoms with Gasteiger partial charge in [0.05, 0.1) is 30.8 Å². The second kappa shape index (κ2) is 13.3. The molecule has 0 fully saturated rings. The highest BCUT2D eigenvalue weighted by Crippen LogP contribution is 2.36. The molecule has 1 unspecified atom stereocenters. The minimum atomic E-state index is -0.750. The monoisotopic (exact) mass is 568 g/mol. The topological polar surface area (TPSA) is 125 Å². The number of hydrogen-bond acceptors (Lipinski definition) is 9. The Morgan fingerprint density at radius 1 is 1.18 bits per heavy atom. The van der Waals surface area contributed by atoms with Crippen LogP contribution in [0.1, 0.15) is 30.4 Å². The summed E-state index contributed by atoms with van der Waals surface area (Å²) in [7, 11) is 1.94. The van der Waals surface area contributed by atoms with Crippen LogP contribution < -0.4 is 9.47 Å². The predicted octanol–water partition coefficient (Wildman–Crippen LogP) is 4.73. The molecule has 1 aliphatic heterocycles. The lowest BCUT2D eigenvalue weighted by Gasteiger charge is -2.11. The third kappa shape index (κ3) is 7.36. The van der Waals surface area contributed by atoms with Gasteiger partial charge in [0.2, 0.25) is 0 Å². The Hall–Kier alpha value is -3.90. The predicted molar refractivity (Wildman–Crippen MR) is 150 cm³/mol. The average Bonchev–Trinajstić information content (AvgIpc) is 3.64. The number of aromatic amines is 1. The SMILES string of the molecule is CCOC(=O)CC1CN=C(c2cc3cc(Oc4ccc(C)cc4)cc(OCc4nccn4C)c3[nH]2)S1.O=S=O. The fraction of sp³-hybridized carbons (Fsp3) is 0.296. The number of H-pyrrole nitrogens is 1. The number of rotatable bonds is 9. The molecular formula is C27H28N4O6S2. The highest BCUT2D eigenvalue weighted by atomic mass is 32.2. The first kappa shape index (κ1) is 28.1. The van der Waals surface area contributed by atoms with Gasteiger partial charge in [0.25, 0.3) is 0 Å². The largest absolute Gasteiger partial charge is 0.483 e. The van der Waals surface area contributed by atoms with Gasteiger partial charge in [-0.1, -0.05) is 29.5 Å². The molecule has 4 aromatic rings. The van der Waals surface area contributed by atoms with Gasteiger partial charge in [0, 0.05) is 36.1 Å². The summed E-state index contributed by atoms with van der Waals surface area (Å²) in [6.07, 6.45) is 3.98. The number of imidazole rings is 1. The van der Waals surface area contributed by atoms with Crippen molar-refractivity contribution in [3.05, 3.63) is 71.9 Å². The molecule has 204 valence electrons. The van der Waals surface area contributed by atoms with E-state index in [0.29, 0.717) is 37.7 Å². The third-order valence-electron chi connectivity index (χ3n) is 5.85. The van der Waals surface area contributed by atoms with Crippen LogP contribution in [0, 0.1) is 6.92 Å². The molecule has 2 aromatic carbocycles. The standard InChI is InChI=1S/C27H28N4O4S.O2S/c1-4-33-25(32)14-21-15-29-27(36-21)22-12-18-11-20(35-19-7-5-17(2)6-8-19)13-23(26(18)30-22)34-16-24-28-9-10-31(24)3;1-3-2/h5-13,21,30H,4,14-16H2,1-3H3;. The second-order valence-electron chi connectivity index (χ2n) is 8.69. The molecule has 3 heterocycles. The lowest BCUT2D eigenvalue weighted by Crippen LogP contribution is -2.14. The average molecular weight is 569 g/mol. The molecule has 0 amide bonds. The maximum absolute atomic E-state index is 11.9. The zero-order valence-electron chi connectivity index (χ0n) is 21.7. The number of carbonyl (C=O) groups excluding carboxylic acids is 1. The van der Waals surface area contributed by atoms with Crippen LogP contribution in [-0.2, 0) is 34.8 Å². The number of nitrogens with zero attached hydrogens (tertiary/aromatic N) is 3. The van der Waals surface area contributed by atoms with Crippen molar-refractivity contribution in [1.29, 1.82) is 0 Å². The van der Waals surface area contributed by atoms with Gasteiger partial charge in [-0.25, -0.2) is 4.98 Å². The number of benzene rings is 2. The summed E-state index contributed by atoms with van der Waals surface area (Å²) >= 11 is 0.843. The van der Waals surface area contributed by atoms with E-state index in [1.165, 1.54) is 5.56 Å². The maximum atomic E-state index is 11.9. The van der Waals surface area contributed by atoms with Crippen molar-refractivity contribution in [3.8, 4) is 17.2 Å². The molecule has 0 spiro atoms. The number of esters is 1. The van der Waals surface area contributed by atoms with Gasteiger partial charge >= 0.3 is 17.5 Å².